The van der Waals surface area contributed by atoms with Gasteiger partial charge in [0.1, 0.15) is 5.03 Å². The van der Waals surface area contributed by atoms with E-state index in [1.54, 1.807) is 49.8 Å². The predicted octanol–water partition coefficient (Wildman–Crippen LogP) is 2.47. The summed E-state index contributed by atoms with van der Waals surface area (Å²) in [5.41, 5.74) is 1.23. The third kappa shape index (κ3) is 3.80. The minimum Gasteiger partial charge on any atom is -0.325 e. The van der Waals surface area contributed by atoms with Crippen LogP contribution in [0.5, 0.6) is 0 Å². The van der Waals surface area contributed by atoms with Crippen molar-refractivity contribution in [1.29, 1.82) is 5.26 Å². The van der Waals surface area contributed by atoms with E-state index >= 15 is 0 Å². The largest absolute Gasteiger partial charge is 0.325 e. The van der Waals surface area contributed by atoms with Crippen molar-refractivity contribution < 1.29 is 4.79 Å². The molecule has 2 aromatic rings. The Morgan fingerprint density at radius 2 is 2.10 bits per heavy atom. The number of nitrogens with zero attached hydrogens (tertiary/aromatic N) is 3. The third-order valence-electron chi connectivity index (χ3n) is 2.49. The fraction of sp³-hybridized carbons (Fsp3) is 0.143. The van der Waals surface area contributed by atoms with Crippen LogP contribution in [0.1, 0.15) is 12.5 Å². The quantitative estimate of drug-likeness (QED) is 0.872. The molecule has 1 N–H and O–H groups in total. The number of nitrogens with one attached hydrogen (secondary N) is 1. The minimum atomic E-state index is -0.289. The lowest BCUT2D eigenvalue weighted by Crippen LogP contribution is -2.22. The van der Waals surface area contributed by atoms with Crippen LogP contribution in [-0.2, 0) is 4.79 Å². The van der Waals surface area contributed by atoms with Crippen molar-refractivity contribution in [1.82, 2.24) is 9.97 Å². The summed E-state index contributed by atoms with van der Waals surface area (Å²) in [4.78, 5) is 20.1. The molecular weight excluding hydrogens is 272 g/mol. The fourth-order valence-electron chi connectivity index (χ4n) is 1.45. The number of amides is 1. The van der Waals surface area contributed by atoms with E-state index in [1.807, 2.05) is 6.07 Å². The number of carbonyl (C=O) groups excluding carboxylic acids is 1. The number of benzene rings is 1. The molecule has 1 aromatic heterocycles. The van der Waals surface area contributed by atoms with Gasteiger partial charge in [-0.15, -0.1) is 0 Å². The topological polar surface area (TPSA) is 78.7 Å². The maximum atomic E-state index is 12.0. The Morgan fingerprint density at radius 1 is 1.35 bits per heavy atom. The highest BCUT2D eigenvalue weighted by molar-refractivity contribution is 8.00. The molecule has 1 unspecified atom stereocenters. The van der Waals surface area contributed by atoms with Gasteiger partial charge in [-0.3, -0.25) is 9.78 Å². The molecule has 0 saturated heterocycles. The molecule has 20 heavy (non-hydrogen) atoms. The molecule has 6 heteroatoms. The van der Waals surface area contributed by atoms with Gasteiger partial charge < -0.3 is 5.32 Å². The normalized spacial score (nSPS) is 11.4. The number of rotatable bonds is 4. The van der Waals surface area contributed by atoms with Crippen LogP contribution in [0.3, 0.4) is 0 Å². The van der Waals surface area contributed by atoms with E-state index in [2.05, 4.69) is 15.3 Å². The van der Waals surface area contributed by atoms with Gasteiger partial charge in [-0.1, -0.05) is 11.8 Å². The van der Waals surface area contributed by atoms with E-state index in [9.17, 15) is 4.79 Å². The lowest BCUT2D eigenvalue weighted by Gasteiger charge is -2.11. The molecule has 2 rings (SSSR count). The van der Waals surface area contributed by atoms with Crippen molar-refractivity contribution in [2.45, 2.75) is 17.2 Å². The molecule has 0 saturated carbocycles. The van der Waals surface area contributed by atoms with E-state index in [-0.39, 0.29) is 11.2 Å². The predicted molar refractivity (Wildman–Crippen MR) is 77.1 cm³/mol. The number of aromatic nitrogens is 2. The monoisotopic (exact) mass is 284 g/mol. The first-order valence-corrected chi connectivity index (χ1v) is 6.80. The number of nitriles is 1. The highest BCUT2D eigenvalue weighted by atomic mass is 32.2. The zero-order chi connectivity index (χ0) is 14.4. The zero-order valence-electron chi connectivity index (χ0n) is 10.8. The van der Waals surface area contributed by atoms with Crippen LogP contribution in [0.25, 0.3) is 0 Å². The summed E-state index contributed by atoms with van der Waals surface area (Å²) in [5, 5.41) is 11.9. The molecular formula is C14H12N4OS. The number of carbonyl (C=O) groups is 1. The van der Waals surface area contributed by atoms with Crippen molar-refractivity contribution in [3.63, 3.8) is 0 Å². The Bertz CT molecular complexity index is 622. The lowest BCUT2D eigenvalue weighted by molar-refractivity contribution is -0.115. The van der Waals surface area contributed by atoms with Gasteiger partial charge in [-0.25, -0.2) is 4.98 Å². The van der Waals surface area contributed by atoms with Crippen molar-refractivity contribution >= 4 is 23.4 Å². The first-order valence-electron chi connectivity index (χ1n) is 5.93. The van der Waals surface area contributed by atoms with Gasteiger partial charge in [0.2, 0.25) is 5.91 Å². The Morgan fingerprint density at radius 3 is 2.70 bits per heavy atom. The fourth-order valence-corrected chi connectivity index (χ4v) is 2.22. The van der Waals surface area contributed by atoms with Crippen LogP contribution in [0.2, 0.25) is 0 Å². The number of anilines is 1. The highest BCUT2D eigenvalue weighted by Gasteiger charge is 2.15. The first kappa shape index (κ1) is 14.0. The molecule has 0 aliphatic heterocycles. The van der Waals surface area contributed by atoms with E-state index in [4.69, 9.17) is 5.26 Å². The van der Waals surface area contributed by atoms with Gasteiger partial charge in [0, 0.05) is 18.1 Å². The van der Waals surface area contributed by atoms with E-state index in [0.29, 0.717) is 16.3 Å². The van der Waals surface area contributed by atoms with Gasteiger partial charge in [0.15, 0.2) is 0 Å². The van der Waals surface area contributed by atoms with Crippen LogP contribution >= 0.6 is 11.8 Å². The molecule has 1 atom stereocenters. The maximum Gasteiger partial charge on any atom is 0.237 e. The third-order valence-corrected chi connectivity index (χ3v) is 3.51. The van der Waals surface area contributed by atoms with Crippen LogP contribution in [0.4, 0.5) is 5.69 Å². The van der Waals surface area contributed by atoms with Crippen LogP contribution in [0.15, 0.2) is 47.9 Å². The number of hydrogen-bond acceptors (Lipinski definition) is 5. The van der Waals surface area contributed by atoms with Gasteiger partial charge in [-0.2, -0.15) is 5.26 Å². The van der Waals surface area contributed by atoms with Crippen LogP contribution in [-0.4, -0.2) is 21.1 Å². The highest BCUT2D eigenvalue weighted by Crippen LogP contribution is 2.21. The number of thioether (sulfide) groups is 1. The first-order chi connectivity index (χ1) is 9.69. The average molecular weight is 284 g/mol. The molecule has 0 radical (unpaired) electrons. The van der Waals surface area contributed by atoms with E-state index in [0.717, 1.165) is 0 Å². The van der Waals surface area contributed by atoms with Crippen LogP contribution < -0.4 is 5.32 Å². The van der Waals surface area contributed by atoms with Gasteiger partial charge in [-0.05, 0) is 31.2 Å². The van der Waals surface area contributed by atoms with Crippen molar-refractivity contribution in [3.8, 4) is 6.07 Å². The second-order valence-corrected chi connectivity index (χ2v) is 5.34. The maximum absolute atomic E-state index is 12.0. The van der Waals surface area contributed by atoms with E-state index in [1.165, 1.54) is 11.8 Å². The second kappa shape index (κ2) is 6.68. The van der Waals surface area contributed by atoms with Crippen molar-refractivity contribution in [2.24, 2.45) is 0 Å². The molecule has 100 valence electrons. The standard InChI is InChI=1S/C14H12N4OS/c1-10(20-13-9-16-6-7-17-13)14(19)18-12-4-2-11(8-15)3-5-12/h2-7,9-10H,1H3,(H,18,19). The van der Waals surface area contributed by atoms with E-state index < -0.39 is 0 Å². The Balaban J connectivity index is 1.95. The summed E-state index contributed by atoms with van der Waals surface area (Å²) in [6, 6.07) is 8.77. The molecule has 1 aromatic carbocycles. The molecule has 0 spiro atoms. The van der Waals surface area contributed by atoms with Gasteiger partial charge in [0.05, 0.1) is 23.1 Å². The lowest BCUT2D eigenvalue weighted by atomic mass is 10.2. The van der Waals surface area contributed by atoms with Crippen LogP contribution in [0, 0.1) is 11.3 Å². The summed E-state index contributed by atoms with van der Waals surface area (Å²) in [7, 11) is 0. The molecule has 0 bridgehead atoms. The van der Waals surface area contributed by atoms with Crippen molar-refractivity contribution in [3.05, 3.63) is 48.4 Å². The summed E-state index contributed by atoms with van der Waals surface area (Å²) in [6.07, 6.45) is 4.80. The Hall–Kier alpha value is -2.39. The Labute approximate surface area is 121 Å². The summed E-state index contributed by atoms with van der Waals surface area (Å²) in [5.74, 6) is -0.120. The second-order valence-electron chi connectivity index (χ2n) is 3.98. The van der Waals surface area contributed by atoms with Gasteiger partial charge in [0.25, 0.3) is 0 Å². The van der Waals surface area contributed by atoms with Gasteiger partial charge >= 0.3 is 0 Å². The molecule has 0 aliphatic carbocycles. The average Bonchev–Trinajstić information content (AvgIpc) is 2.49. The van der Waals surface area contributed by atoms with Crippen molar-refractivity contribution in [2.75, 3.05) is 5.32 Å². The molecule has 0 aliphatic rings. The molecule has 5 nitrogen and oxygen atoms in total. The minimum absolute atomic E-state index is 0.120. The number of hydrogen-bond donors (Lipinski definition) is 1. The zero-order valence-corrected chi connectivity index (χ0v) is 11.6. The molecule has 1 heterocycles. The smallest absolute Gasteiger partial charge is 0.237 e. The molecule has 0 fully saturated rings. The SMILES string of the molecule is CC(Sc1cnccn1)C(=O)Nc1ccc(C#N)cc1. The Kier molecular flexibility index (Phi) is 4.69. The molecule has 1 amide bonds. The summed E-state index contributed by atoms with van der Waals surface area (Å²) in [6.45, 7) is 1.80. The summed E-state index contributed by atoms with van der Waals surface area (Å²) < 4.78 is 0. The summed E-state index contributed by atoms with van der Waals surface area (Å²) >= 11 is 1.34.